The molecule has 0 saturated heterocycles. The molecule has 0 aromatic heterocycles. The quantitative estimate of drug-likeness (QED) is 0.908. The Morgan fingerprint density at radius 3 is 3.10 bits per heavy atom. The highest BCUT2D eigenvalue weighted by Gasteiger charge is 2.20. The molecule has 3 nitrogen and oxygen atoms in total. The predicted octanol–water partition coefficient (Wildman–Crippen LogP) is 2.79. The maximum absolute atomic E-state index is 13.3. The lowest BCUT2D eigenvalue weighted by Gasteiger charge is -2.19. The van der Waals surface area contributed by atoms with Gasteiger partial charge in [-0.15, -0.1) is 0 Å². The van der Waals surface area contributed by atoms with Crippen LogP contribution in [0, 0.1) is 5.82 Å². The van der Waals surface area contributed by atoms with Gasteiger partial charge in [0.2, 0.25) is 0 Å². The molecule has 0 fully saturated rings. The monoisotopic (exact) mass is 299 g/mol. The molecule has 0 spiro atoms. The number of halogens is 1. The summed E-state index contributed by atoms with van der Waals surface area (Å²) in [5, 5.41) is 3.68. The van der Waals surface area contributed by atoms with Crippen LogP contribution >= 0.6 is 0 Å². The van der Waals surface area contributed by atoms with Crippen molar-refractivity contribution in [1.82, 2.24) is 5.32 Å². The molecule has 0 amide bonds. The van der Waals surface area contributed by atoms with Crippen LogP contribution in [-0.4, -0.2) is 28.9 Å². The van der Waals surface area contributed by atoms with Gasteiger partial charge < -0.3 is 10.1 Å². The van der Waals surface area contributed by atoms with E-state index >= 15 is 0 Å². The zero-order chi connectivity index (χ0) is 14.5. The molecule has 3 unspecified atom stereocenters. The highest BCUT2D eigenvalue weighted by Crippen LogP contribution is 2.32. The number of rotatable bonds is 5. The van der Waals surface area contributed by atoms with Gasteiger partial charge in [-0.25, -0.2) is 4.39 Å². The molecule has 2 rings (SSSR count). The molecule has 1 aromatic rings. The lowest BCUT2D eigenvalue weighted by molar-refractivity contribution is 0.313. The van der Waals surface area contributed by atoms with Crippen molar-refractivity contribution < 1.29 is 13.3 Å². The molecule has 3 atom stereocenters. The van der Waals surface area contributed by atoms with Crippen molar-refractivity contribution in [2.75, 3.05) is 19.4 Å². The van der Waals surface area contributed by atoms with Gasteiger partial charge in [0.1, 0.15) is 11.6 Å². The lowest BCUT2D eigenvalue weighted by atomic mass is 10.0. The first-order valence-electron chi connectivity index (χ1n) is 7.06. The van der Waals surface area contributed by atoms with E-state index < -0.39 is 10.8 Å². The predicted molar refractivity (Wildman–Crippen MR) is 80.0 cm³/mol. The molecule has 1 aliphatic rings. The van der Waals surface area contributed by atoms with Crippen LogP contribution in [0.3, 0.4) is 0 Å². The van der Waals surface area contributed by atoms with Gasteiger partial charge in [0, 0.05) is 40.0 Å². The molecule has 1 heterocycles. The number of nitrogens with one attached hydrogen (secondary N) is 1. The van der Waals surface area contributed by atoms with Crippen LogP contribution in [0.4, 0.5) is 4.39 Å². The fraction of sp³-hybridized carbons (Fsp3) is 0.600. The Balaban J connectivity index is 2.00. The van der Waals surface area contributed by atoms with Crippen LogP contribution in [0.5, 0.6) is 5.75 Å². The SMILES string of the molecule is CC(CCNC1CCCOc2cc(F)ccc21)S(C)=O. The maximum Gasteiger partial charge on any atom is 0.126 e. The zero-order valence-electron chi connectivity index (χ0n) is 12.0. The molecule has 20 heavy (non-hydrogen) atoms. The Bertz CT molecular complexity index is 481. The van der Waals surface area contributed by atoms with E-state index in [1.54, 1.807) is 12.3 Å². The summed E-state index contributed by atoms with van der Waals surface area (Å²) in [5.74, 6) is 0.381. The number of fused-ring (bicyclic) bond motifs is 1. The van der Waals surface area contributed by atoms with Gasteiger partial charge in [0.15, 0.2) is 0 Å². The van der Waals surface area contributed by atoms with E-state index in [0.29, 0.717) is 12.4 Å². The van der Waals surface area contributed by atoms with Gasteiger partial charge in [-0.05, 0) is 31.9 Å². The van der Waals surface area contributed by atoms with Gasteiger partial charge in [-0.3, -0.25) is 4.21 Å². The Morgan fingerprint density at radius 2 is 2.35 bits per heavy atom. The molecule has 0 aliphatic carbocycles. The summed E-state index contributed by atoms with van der Waals surface area (Å²) in [7, 11) is -0.783. The average Bonchev–Trinajstić information content (AvgIpc) is 2.60. The van der Waals surface area contributed by atoms with E-state index in [0.717, 1.165) is 31.4 Å². The summed E-state index contributed by atoms with van der Waals surface area (Å²) in [6, 6.07) is 4.92. The maximum atomic E-state index is 13.3. The molecule has 0 radical (unpaired) electrons. The van der Waals surface area contributed by atoms with Crippen molar-refractivity contribution in [3.8, 4) is 5.75 Å². The van der Waals surface area contributed by atoms with Crippen molar-refractivity contribution >= 4 is 10.8 Å². The van der Waals surface area contributed by atoms with E-state index in [1.165, 1.54) is 12.1 Å². The smallest absolute Gasteiger partial charge is 0.126 e. The van der Waals surface area contributed by atoms with Crippen molar-refractivity contribution in [2.45, 2.75) is 37.5 Å². The third kappa shape index (κ3) is 4.03. The minimum atomic E-state index is -0.783. The topological polar surface area (TPSA) is 38.3 Å². The molecule has 5 heteroatoms. The summed E-state index contributed by atoms with van der Waals surface area (Å²) in [6.45, 7) is 3.43. The van der Waals surface area contributed by atoms with Crippen molar-refractivity contribution in [3.63, 3.8) is 0 Å². The van der Waals surface area contributed by atoms with Crippen molar-refractivity contribution in [1.29, 1.82) is 0 Å². The number of hydrogen-bond acceptors (Lipinski definition) is 3. The van der Waals surface area contributed by atoms with Crippen LogP contribution in [0.15, 0.2) is 18.2 Å². The number of benzene rings is 1. The van der Waals surface area contributed by atoms with Gasteiger partial charge in [-0.2, -0.15) is 0 Å². The largest absolute Gasteiger partial charge is 0.493 e. The van der Waals surface area contributed by atoms with E-state index in [2.05, 4.69) is 5.32 Å². The van der Waals surface area contributed by atoms with Gasteiger partial charge >= 0.3 is 0 Å². The highest BCUT2D eigenvalue weighted by atomic mass is 32.2. The molecular weight excluding hydrogens is 277 g/mol. The third-order valence-electron chi connectivity index (χ3n) is 3.75. The van der Waals surface area contributed by atoms with Crippen LogP contribution in [0.1, 0.15) is 37.8 Å². The van der Waals surface area contributed by atoms with Crippen molar-refractivity contribution in [3.05, 3.63) is 29.6 Å². The standard InChI is InChI=1S/C15H22FNO2S/c1-11(20(2)18)7-8-17-14-4-3-9-19-15-10-12(16)5-6-13(14)15/h5-6,10-11,14,17H,3-4,7-9H2,1-2H3. The summed E-state index contributed by atoms with van der Waals surface area (Å²) < 4.78 is 30.2. The second-order valence-electron chi connectivity index (χ2n) is 5.28. The second kappa shape index (κ2) is 7.18. The van der Waals surface area contributed by atoms with Gasteiger partial charge in [0.05, 0.1) is 6.61 Å². The van der Waals surface area contributed by atoms with E-state index in [-0.39, 0.29) is 17.1 Å². The normalized spacial score (nSPS) is 21.4. The highest BCUT2D eigenvalue weighted by molar-refractivity contribution is 7.84. The minimum Gasteiger partial charge on any atom is -0.493 e. The zero-order valence-corrected chi connectivity index (χ0v) is 12.8. The summed E-state index contributed by atoms with van der Waals surface area (Å²) in [4.78, 5) is 0. The van der Waals surface area contributed by atoms with Crippen LogP contribution in [0.2, 0.25) is 0 Å². The molecule has 0 bridgehead atoms. The second-order valence-corrected chi connectivity index (χ2v) is 7.08. The fourth-order valence-electron chi connectivity index (χ4n) is 2.38. The first kappa shape index (κ1) is 15.4. The first-order valence-corrected chi connectivity index (χ1v) is 8.68. The average molecular weight is 299 g/mol. The summed E-state index contributed by atoms with van der Waals surface area (Å²) in [5.41, 5.74) is 1.02. The molecular formula is C15H22FNO2S. The van der Waals surface area contributed by atoms with Crippen molar-refractivity contribution in [2.24, 2.45) is 0 Å². The Morgan fingerprint density at radius 1 is 1.55 bits per heavy atom. The van der Waals surface area contributed by atoms with E-state index in [9.17, 15) is 8.60 Å². The Labute approximate surface area is 122 Å². The molecule has 1 N–H and O–H groups in total. The van der Waals surface area contributed by atoms with E-state index in [4.69, 9.17) is 4.74 Å². The lowest BCUT2D eigenvalue weighted by Crippen LogP contribution is -2.25. The summed E-state index contributed by atoms with van der Waals surface area (Å²) >= 11 is 0. The first-order chi connectivity index (χ1) is 9.58. The van der Waals surface area contributed by atoms with E-state index in [1.807, 2.05) is 6.92 Å². The Hall–Kier alpha value is -0.940. The Kier molecular flexibility index (Phi) is 5.54. The van der Waals surface area contributed by atoms with Crippen LogP contribution in [0.25, 0.3) is 0 Å². The van der Waals surface area contributed by atoms with Crippen LogP contribution in [-0.2, 0) is 10.8 Å². The minimum absolute atomic E-state index is 0.186. The number of hydrogen-bond donors (Lipinski definition) is 1. The fourth-order valence-corrected chi connectivity index (χ4v) is 2.83. The van der Waals surface area contributed by atoms with Gasteiger partial charge in [0.25, 0.3) is 0 Å². The third-order valence-corrected chi connectivity index (χ3v) is 5.12. The molecule has 1 aliphatic heterocycles. The molecule has 0 saturated carbocycles. The van der Waals surface area contributed by atoms with Gasteiger partial charge in [-0.1, -0.05) is 13.0 Å². The molecule has 1 aromatic carbocycles. The van der Waals surface area contributed by atoms with Crippen LogP contribution < -0.4 is 10.1 Å². The summed E-state index contributed by atoms with van der Waals surface area (Å²) in [6.07, 6.45) is 4.53. The number of ether oxygens (including phenoxy) is 1. The molecule has 112 valence electrons.